The van der Waals surface area contributed by atoms with Gasteiger partial charge in [0.05, 0.1) is 12.1 Å². The summed E-state index contributed by atoms with van der Waals surface area (Å²) in [7, 11) is 0. The van der Waals surface area contributed by atoms with E-state index in [1.54, 1.807) is 30.4 Å². The van der Waals surface area contributed by atoms with Crippen LogP contribution in [0.2, 0.25) is 5.02 Å². The van der Waals surface area contributed by atoms with Crippen molar-refractivity contribution < 1.29 is 4.79 Å². The number of rotatable bonds is 7. The second kappa shape index (κ2) is 9.02. The lowest BCUT2D eigenvalue weighted by molar-refractivity contribution is -0.120. The van der Waals surface area contributed by atoms with E-state index in [1.807, 2.05) is 36.4 Å². The van der Waals surface area contributed by atoms with Crippen LogP contribution < -0.4 is 5.32 Å². The highest BCUT2D eigenvalue weighted by Gasteiger charge is 2.09. The molecule has 0 bridgehead atoms. The largest absolute Gasteiger partial charge is 0.349 e. The molecular formula is C20H17ClN6OS. The molecule has 0 saturated carbocycles. The van der Waals surface area contributed by atoms with E-state index in [0.29, 0.717) is 35.4 Å². The molecule has 0 saturated heterocycles. The molecule has 146 valence electrons. The van der Waals surface area contributed by atoms with Gasteiger partial charge in [0.15, 0.2) is 5.82 Å². The standard InChI is InChI=1S/C20H17ClN6OS/c21-14-3-4-15-16(10-14)23-8-5-17(15)29-9-6-19(28)24-12-18-25-20(27-26-18)13-2-1-7-22-11-13/h1-5,7-8,10-11H,6,9,12H2,(H,24,28)(H,25,26,27). The Bertz CT molecular complexity index is 1130. The van der Waals surface area contributed by atoms with E-state index < -0.39 is 0 Å². The molecule has 9 heteroatoms. The van der Waals surface area contributed by atoms with Crippen LogP contribution in [0, 0.1) is 0 Å². The van der Waals surface area contributed by atoms with Crippen molar-refractivity contribution in [3.8, 4) is 11.4 Å². The van der Waals surface area contributed by atoms with Crippen LogP contribution >= 0.6 is 23.4 Å². The Morgan fingerprint density at radius 3 is 3.00 bits per heavy atom. The van der Waals surface area contributed by atoms with Gasteiger partial charge in [-0.1, -0.05) is 17.7 Å². The summed E-state index contributed by atoms with van der Waals surface area (Å²) in [6.45, 7) is 0.299. The van der Waals surface area contributed by atoms with Crippen molar-refractivity contribution in [2.24, 2.45) is 0 Å². The summed E-state index contributed by atoms with van der Waals surface area (Å²) in [4.78, 5) is 26.0. The third-order valence-electron chi connectivity index (χ3n) is 4.16. The minimum atomic E-state index is -0.0433. The molecule has 0 fully saturated rings. The number of halogens is 1. The van der Waals surface area contributed by atoms with Crippen molar-refractivity contribution >= 4 is 40.2 Å². The Hall–Kier alpha value is -2.97. The van der Waals surface area contributed by atoms with Crippen LogP contribution in [-0.2, 0) is 11.3 Å². The van der Waals surface area contributed by atoms with Gasteiger partial charge in [-0.2, -0.15) is 5.10 Å². The van der Waals surface area contributed by atoms with Gasteiger partial charge in [-0.05, 0) is 30.3 Å². The molecule has 3 heterocycles. The van der Waals surface area contributed by atoms with Gasteiger partial charge < -0.3 is 5.32 Å². The third kappa shape index (κ3) is 4.90. The maximum atomic E-state index is 12.2. The van der Waals surface area contributed by atoms with Crippen LogP contribution in [0.25, 0.3) is 22.3 Å². The highest BCUT2D eigenvalue weighted by molar-refractivity contribution is 7.99. The van der Waals surface area contributed by atoms with Gasteiger partial charge in [0, 0.05) is 51.6 Å². The number of fused-ring (bicyclic) bond motifs is 1. The third-order valence-corrected chi connectivity index (χ3v) is 5.47. The molecule has 7 nitrogen and oxygen atoms in total. The lowest BCUT2D eigenvalue weighted by atomic mass is 10.2. The van der Waals surface area contributed by atoms with Gasteiger partial charge in [0.25, 0.3) is 0 Å². The summed E-state index contributed by atoms with van der Waals surface area (Å²) in [6.07, 6.45) is 5.54. The number of hydrogen-bond acceptors (Lipinski definition) is 6. The van der Waals surface area contributed by atoms with Crippen LogP contribution in [0.1, 0.15) is 12.2 Å². The fourth-order valence-corrected chi connectivity index (χ4v) is 3.90. The Balaban J connectivity index is 1.27. The SMILES string of the molecule is O=C(CCSc1ccnc2cc(Cl)ccc12)NCc1nc(-c2cccnc2)n[nH]1. The van der Waals surface area contributed by atoms with E-state index in [1.165, 1.54) is 0 Å². The fraction of sp³-hybridized carbons (Fsp3) is 0.150. The zero-order chi connectivity index (χ0) is 20.1. The average molecular weight is 425 g/mol. The number of H-pyrrole nitrogens is 1. The van der Waals surface area contributed by atoms with Gasteiger partial charge in [-0.15, -0.1) is 11.8 Å². The number of carbonyl (C=O) groups excluding carboxylic acids is 1. The maximum absolute atomic E-state index is 12.2. The first kappa shape index (κ1) is 19.4. The highest BCUT2D eigenvalue weighted by atomic mass is 35.5. The number of thioether (sulfide) groups is 1. The smallest absolute Gasteiger partial charge is 0.221 e. The van der Waals surface area contributed by atoms with E-state index in [9.17, 15) is 4.79 Å². The topological polar surface area (TPSA) is 96.5 Å². The monoisotopic (exact) mass is 424 g/mol. The van der Waals surface area contributed by atoms with E-state index in [4.69, 9.17) is 11.6 Å². The minimum absolute atomic E-state index is 0.0433. The number of amides is 1. The molecule has 0 spiro atoms. The predicted molar refractivity (Wildman–Crippen MR) is 114 cm³/mol. The van der Waals surface area contributed by atoms with Crippen molar-refractivity contribution in [2.45, 2.75) is 17.9 Å². The second-order valence-corrected chi connectivity index (χ2v) is 7.77. The van der Waals surface area contributed by atoms with Crippen LogP contribution in [-0.4, -0.2) is 36.8 Å². The van der Waals surface area contributed by atoms with Gasteiger partial charge >= 0.3 is 0 Å². The molecule has 1 aromatic carbocycles. The Labute approximate surface area is 176 Å². The average Bonchev–Trinajstić information content (AvgIpc) is 3.22. The summed E-state index contributed by atoms with van der Waals surface area (Å²) in [5.41, 5.74) is 1.67. The molecule has 29 heavy (non-hydrogen) atoms. The second-order valence-electron chi connectivity index (χ2n) is 6.19. The number of hydrogen-bond donors (Lipinski definition) is 2. The first-order chi connectivity index (χ1) is 14.2. The van der Waals surface area contributed by atoms with Gasteiger partial charge in [-0.25, -0.2) is 4.98 Å². The Morgan fingerprint density at radius 2 is 2.14 bits per heavy atom. The molecule has 0 unspecified atom stereocenters. The number of carbonyl (C=O) groups is 1. The molecular weight excluding hydrogens is 408 g/mol. The van der Waals surface area contributed by atoms with Crippen molar-refractivity contribution in [1.29, 1.82) is 0 Å². The van der Waals surface area contributed by atoms with Crippen molar-refractivity contribution in [1.82, 2.24) is 30.5 Å². The number of nitrogens with zero attached hydrogens (tertiary/aromatic N) is 4. The van der Waals surface area contributed by atoms with E-state index >= 15 is 0 Å². The molecule has 3 aromatic heterocycles. The number of aromatic amines is 1. The summed E-state index contributed by atoms with van der Waals surface area (Å²) in [5, 5.41) is 11.5. The predicted octanol–water partition coefficient (Wildman–Crippen LogP) is 3.87. The molecule has 4 aromatic rings. The number of aromatic nitrogens is 5. The first-order valence-electron chi connectivity index (χ1n) is 8.94. The lowest BCUT2D eigenvalue weighted by Crippen LogP contribution is -2.23. The lowest BCUT2D eigenvalue weighted by Gasteiger charge is -2.06. The Morgan fingerprint density at radius 1 is 1.21 bits per heavy atom. The molecule has 0 aliphatic heterocycles. The summed E-state index contributed by atoms with van der Waals surface area (Å²) < 4.78 is 0. The van der Waals surface area contributed by atoms with Gasteiger partial charge in [-0.3, -0.25) is 19.9 Å². The molecule has 0 radical (unpaired) electrons. The highest BCUT2D eigenvalue weighted by Crippen LogP contribution is 2.28. The minimum Gasteiger partial charge on any atom is -0.349 e. The van der Waals surface area contributed by atoms with E-state index in [-0.39, 0.29) is 5.91 Å². The zero-order valence-corrected chi connectivity index (χ0v) is 16.9. The number of benzene rings is 1. The van der Waals surface area contributed by atoms with E-state index in [0.717, 1.165) is 21.4 Å². The van der Waals surface area contributed by atoms with Gasteiger partial charge in [0.2, 0.25) is 5.91 Å². The quantitative estimate of drug-likeness (QED) is 0.437. The summed E-state index contributed by atoms with van der Waals surface area (Å²) >= 11 is 7.64. The van der Waals surface area contributed by atoms with Crippen LogP contribution in [0.4, 0.5) is 0 Å². The molecule has 1 amide bonds. The van der Waals surface area contributed by atoms with Gasteiger partial charge in [0.1, 0.15) is 5.82 Å². The molecule has 0 atom stereocenters. The molecule has 0 aliphatic rings. The van der Waals surface area contributed by atoms with E-state index in [2.05, 4.69) is 30.5 Å². The molecule has 0 aliphatic carbocycles. The summed E-state index contributed by atoms with van der Waals surface area (Å²) in [6, 6.07) is 11.3. The zero-order valence-electron chi connectivity index (χ0n) is 15.3. The fourth-order valence-electron chi connectivity index (χ4n) is 2.74. The number of pyridine rings is 2. The van der Waals surface area contributed by atoms with Crippen LogP contribution in [0.3, 0.4) is 0 Å². The molecule has 2 N–H and O–H groups in total. The van der Waals surface area contributed by atoms with Crippen molar-refractivity contribution in [3.05, 3.63) is 65.8 Å². The maximum Gasteiger partial charge on any atom is 0.221 e. The van der Waals surface area contributed by atoms with Crippen LogP contribution in [0.15, 0.2) is 59.9 Å². The van der Waals surface area contributed by atoms with Crippen molar-refractivity contribution in [3.63, 3.8) is 0 Å². The van der Waals surface area contributed by atoms with Crippen molar-refractivity contribution in [2.75, 3.05) is 5.75 Å². The first-order valence-corrected chi connectivity index (χ1v) is 10.3. The Kier molecular flexibility index (Phi) is 6.02. The van der Waals surface area contributed by atoms with Crippen LogP contribution in [0.5, 0.6) is 0 Å². The number of nitrogens with one attached hydrogen (secondary N) is 2. The summed E-state index contributed by atoms with van der Waals surface area (Å²) in [5.74, 6) is 1.77. The normalized spacial score (nSPS) is 10.9. The molecule has 4 rings (SSSR count).